The highest BCUT2D eigenvalue weighted by Crippen LogP contribution is 2.42. The van der Waals surface area contributed by atoms with Crippen molar-refractivity contribution in [2.24, 2.45) is 0 Å². The van der Waals surface area contributed by atoms with Crippen LogP contribution in [0.2, 0.25) is 0 Å². The second kappa shape index (κ2) is 4.16. The Labute approximate surface area is 108 Å². The lowest BCUT2D eigenvalue weighted by molar-refractivity contribution is 0.149. The summed E-state index contributed by atoms with van der Waals surface area (Å²) in [6.07, 6.45) is 2.56. The van der Waals surface area contributed by atoms with Gasteiger partial charge in [-0.05, 0) is 42.0 Å². The quantitative estimate of drug-likeness (QED) is 0.893. The van der Waals surface area contributed by atoms with Gasteiger partial charge in [-0.15, -0.1) is 0 Å². The fourth-order valence-corrected chi connectivity index (χ4v) is 2.51. The molecule has 0 atom stereocenters. The molecule has 1 aromatic carbocycles. The summed E-state index contributed by atoms with van der Waals surface area (Å²) in [6, 6.07) is 4.14. The summed E-state index contributed by atoms with van der Waals surface area (Å²) in [5.74, 6) is 2.10. The molecule has 18 heavy (non-hydrogen) atoms. The van der Waals surface area contributed by atoms with Crippen LogP contribution in [0, 0.1) is 0 Å². The zero-order valence-electron chi connectivity index (χ0n) is 11.0. The highest BCUT2D eigenvalue weighted by Gasteiger charge is 2.41. The Hall–Kier alpha value is -1.22. The number of hydrogen-bond acceptors (Lipinski definition) is 3. The fraction of sp³-hybridized carbons (Fsp3) is 0.600. The molecule has 2 aliphatic rings. The van der Waals surface area contributed by atoms with Crippen molar-refractivity contribution in [1.82, 2.24) is 0 Å². The van der Waals surface area contributed by atoms with Gasteiger partial charge in [0.2, 0.25) is 0 Å². The molecule has 98 valence electrons. The van der Waals surface area contributed by atoms with Crippen LogP contribution in [0.4, 0.5) is 0 Å². The molecule has 3 nitrogen and oxygen atoms in total. The lowest BCUT2D eigenvalue weighted by Gasteiger charge is -2.23. The maximum Gasteiger partial charge on any atom is 0.161 e. The molecule has 0 aromatic heterocycles. The second-order valence-corrected chi connectivity index (χ2v) is 5.75. The maximum atomic E-state index is 10.1. The summed E-state index contributed by atoms with van der Waals surface area (Å²) in [7, 11) is 0. The van der Waals surface area contributed by atoms with Gasteiger partial charge in [-0.1, -0.05) is 13.8 Å². The number of aliphatic hydroxyl groups is 1. The first-order chi connectivity index (χ1) is 8.57. The van der Waals surface area contributed by atoms with E-state index in [1.54, 1.807) is 0 Å². The Morgan fingerprint density at radius 1 is 1.17 bits per heavy atom. The highest BCUT2D eigenvalue weighted by molar-refractivity contribution is 5.49. The van der Waals surface area contributed by atoms with E-state index >= 15 is 0 Å². The van der Waals surface area contributed by atoms with Gasteiger partial charge in [-0.2, -0.15) is 0 Å². The van der Waals surface area contributed by atoms with Crippen molar-refractivity contribution >= 4 is 0 Å². The van der Waals surface area contributed by atoms with Crippen molar-refractivity contribution in [2.75, 3.05) is 13.2 Å². The van der Waals surface area contributed by atoms with Crippen molar-refractivity contribution in [1.29, 1.82) is 0 Å². The number of rotatable bonds is 3. The van der Waals surface area contributed by atoms with Crippen molar-refractivity contribution in [2.45, 2.75) is 44.6 Å². The Bertz CT molecular complexity index is 461. The third kappa shape index (κ3) is 2.19. The predicted octanol–water partition coefficient (Wildman–Crippen LogP) is 2.65. The summed E-state index contributed by atoms with van der Waals surface area (Å²) in [5.41, 5.74) is 2.00. The van der Waals surface area contributed by atoms with Crippen LogP contribution >= 0.6 is 0 Å². The first-order valence-electron chi connectivity index (χ1n) is 6.72. The molecule has 0 unspecified atom stereocenters. The smallest absolute Gasteiger partial charge is 0.161 e. The number of ether oxygens (including phenoxy) is 2. The number of hydrogen-bond donors (Lipinski definition) is 1. The molecule has 1 aromatic rings. The molecule has 1 fully saturated rings. The molecule has 0 saturated heterocycles. The standard InChI is InChI=1S/C15H20O3/c1-10(2)12-8-14-13(17-5-6-18-14)7-11(12)9-15(16)3-4-15/h7-8,10,16H,3-6,9H2,1-2H3. The van der Waals surface area contributed by atoms with Gasteiger partial charge in [0.05, 0.1) is 5.60 Å². The largest absolute Gasteiger partial charge is 0.486 e. The molecule has 1 aliphatic carbocycles. The van der Waals surface area contributed by atoms with E-state index in [4.69, 9.17) is 9.47 Å². The van der Waals surface area contributed by atoms with E-state index in [-0.39, 0.29) is 0 Å². The molecule has 0 spiro atoms. The van der Waals surface area contributed by atoms with Gasteiger partial charge < -0.3 is 14.6 Å². The lowest BCUT2D eigenvalue weighted by Crippen LogP contribution is -2.18. The van der Waals surface area contributed by atoms with Gasteiger partial charge in [0.25, 0.3) is 0 Å². The predicted molar refractivity (Wildman–Crippen MR) is 69.4 cm³/mol. The van der Waals surface area contributed by atoms with Crippen molar-refractivity contribution in [3.63, 3.8) is 0 Å². The van der Waals surface area contributed by atoms with E-state index in [2.05, 4.69) is 26.0 Å². The fourth-order valence-electron chi connectivity index (χ4n) is 2.51. The molecule has 1 aliphatic heterocycles. The molecule has 3 heteroatoms. The van der Waals surface area contributed by atoms with Crippen LogP contribution in [0.15, 0.2) is 12.1 Å². The van der Waals surface area contributed by atoms with Crippen LogP contribution in [0.3, 0.4) is 0 Å². The average molecular weight is 248 g/mol. The van der Waals surface area contributed by atoms with Gasteiger partial charge in [-0.25, -0.2) is 0 Å². The molecule has 0 amide bonds. The minimum Gasteiger partial charge on any atom is -0.486 e. The topological polar surface area (TPSA) is 38.7 Å². The number of fused-ring (bicyclic) bond motifs is 1. The summed E-state index contributed by atoms with van der Waals surface area (Å²) in [6.45, 7) is 5.57. The lowest BCUT2D eigenvalue weighted by atomic mass is 9.92. The summed E-state index contributed by atoms with van der Waals surface area (Å²) >= 11 is 0. The van der Waals surface area contributed by atoms with E-state index in [0.717, 1.165) is 30.8 Å². The van der Waals surface area contributed by atoms with Crippen LogP contribution in [0.1, 0.15) is 43.7 Å². The Kier molecular flexibility index (Phi) is 2.74. The van der Waals surface area contributed by atoms with Crippen LogP contribution in [-0.4, -0.2) is 23.9 Å². The molecule has 1 heterocycles. The minimum absolute atomic E-state index is 0.429. The molecule has 0 radical (unpaired) electrons. The third-order valence-electron chi connectivity index (χ3n) is 3.77. The molecule has 0 bridgehead atoms. The van der Waals surface area contributed by atoms with Crippen molar-refractivity contribution in [3.8, 4) is 11.5 Å². The van der Waals surface area contributed by atoms with Crippen LogP contribution < -0.4 is 9.47 Å². The molecular formula is C15H20O3. The van der Waals surface area contributed by atoms with Gasteiger partial charge >= 0.3 is 0 Å². The Morgan fingerprint density at radius 3 is 2.33 bits per heavy atom. The normalized spacial score (nSPS) is 20.0. The van der Waals surface area contributed by atoms with Gasteiger partial charge in [0, 0.05) is 6.42 Å². The van der Waals surface area contributed by atoms with E-state index < -0.39 is 5.60 Å². The molecule has 1 saturated carbocycles. The zero-order valence-corrected chi connectivity index (χ0v) is 11.0. The average Bonchev–Trinajstić information content (AvgIpc) is 3.05. The van der Waals surface area contributed by atoms with Gasteiger partial charge in [0.15, 0.2) is 11.5 Å². The van der Waals surface area contributed by atoms with E-state index in [9.17, 15) is 5.11 Å². The summed E-state index contributed by atoms with van der Waals surface area (Å²) in [5, 5.41) is 10.1. The van der Waals surface area contributed by atoms with Gasteiger partial charge in [0.1, 0.15) is 13.2 Å². The van der Waals surface area contributed by atoms with Crippen molar-refractivity contribution in [3.05, 3.63) is 23.3 Å². The monoisotopic (exact) mass is 248 g/mol. The maximum absolute atomic E-state index is 10.1. The summed E-state index contributed by atoms with van der Waals surface area (Å²) < 4.78 is 11.3. The third-order valence-corrected chi connectivity index (χ3v) is 3.77. The minimum atomic E-state index is -0.465. The number of benzene rings is 1. The highest BCUT2D eigenvalue weighted by atomic mass is 16.6. The van der Waals surface area contributed by atoms with E-state index in [1.165, 1.54) is 11.1 Å². The Balaban J connectivity index is 1.98. The van der Waals surface area contributed by atoms with Crippen LogP contribution in [-0.2, 0) is 6.42 Å². The molecule has 1 N–H and O–H groups in total. The van der Waals surface area contributed by atoms with Crippen molar-refractivity contribution < 1.29 is 14.6 Å². The second-order valence-electron chi connectivity index (χ2n) is 5.75. The molecular weight excluding hydrogens is 228 g/mol. The first-order valence-corrected chi connectivity index (χ1v) is 6.72. The van der Waals surface area contributed by atoms with E-state index in [1.807, 2.05) is 0 Å². The Morgan fingerprint density at radius 2 is 1.78 bits per heavy atom. The van der Waals surface area contributed by atoms with Crippen LogP contribution in [0.5, 0.6) is 11.5 Å². The first kappa shape index (κ1) is 11.8. The SMILES string of the molecule is CC(C)c1cc2c(cc1CC1(O)CC1)OCCO2. The van der Waals surface area contributed by atoms with Gasteiger partial charge in [-0.3, -0.25) is 0 Å². The zero-order chi connectivity index (χ0) is 12.8. The van der Waals surface area contributed by atoms with E-state index in [0.29, 0.717) is 19.1 Å². The molecule has 3 rings (SSSR count). The van der Waals surface area contributed by atoms with Crippen LogP contribution in [0.25, 0.3) is 0 Å². The summed E-state index contributed by atoms with van der Waals surface area (Å²) in [4.78, 5) is 0.